The fraction of sp³-hybridized carbons (Fsp3) is 0.467. The number of rotatable bonds is 3. The molecule has 0 bridgehead atoms. The van der Waals surface area contributed by atoms with Crippen molar-refractivity contribution in [2.45, 2.75) is 44.7 Å². The lowest BCUT2D eigenvalue weighted by Gasteiger charge is -2.29. The summed E-state index contributed by atoms with van der Waals surface area (Å²) >= 11 is 0. The molecule has 2 amide bonds. The standard InChI is InChI=1S/C15H20N2O4/c1-9-2-7-12(13(18)8-9)14(19)16-10-3-5-11(6-4-10)17-15(20)21/h2,7-8,10-11,17-18H,3-6H2,1H3,(H,16,19)(H,20,21). The molecule has 0 aromatic heterocycles. The molecule has 21 heavy (non-hydrogen) atoms. The number of carbonyl (C=O) groups excluding carboxylic acids is 1. The average Bonchev–Trinajstić information content (AvgIpc) is 2.40. The number of benzene rings is 1. The van der Waals surface area contributed by atoms with E-state index in [1.165, 1.54) is 0 Å². The van der Waals surface area contributed by atoms with Crippen LogP contribution in [0.3, 0.4) is 0 Å². The maximum absolute atomic E-state index is 12.1. The van der Waals surface area contributed by atoms with Crippen LogP contribution in [-0.2, 0) is 0 Å². The number of carboxylic acid groups (broad SMARTS) is 1. The Hall–Kier alpha value is -2.24. The molecule has 4 N–H and O–H groups in total. The lowest BCUT2D eigenvalue weighted by atomic mass is 9.91. The summed E-state index contributed by atoms with van der Waals surface area (Å²) in [6, 6.07) is 4.93. The molecular weight excluding hydrogens is 272 g/mol. The number of hydrogen-bond acceptors (Lipinski definition) is 3. The number of amides is 2. The first-order valence-corrected chi connectivity index (χ1v) is 7.05. The molecule has 1 aromatic carbocycles. The van der Waals surface area contributed by atoms with Gasteiger partial charge in [0.25, 0.3) is 5.91 Å². The summed E-state index contributed by atoms with van der Waals surface area (Å²) in [5.74, 6) is -0.309. The predicted molar refractivity (Wildman–Crippen MR) is 77.5 cm³/mol. The van der Waals surface area contributed by atoms with Crippen molar-refractivity contribution < 1.29 is 19.8 Å². The van der Waals surface area contributed by atoms with E-state index < -0.39 is 6.09 Å². The fourth-order valence-corrected chi connectivity index (χ4v) is 2.65. The zero-order valence-electron chi connectivity index (χ0n) is 11.9. The molecular formula is C15H20N2O4. The molecule has 114 valence electrons. The van der Waals surface area contributed by atoms with E-state index in [0.717, 1.165) is 18.4 Å². The second-order valence-corrected chi connectivity index (χ2v) is 5.49. The molecule has 0 aliphatic heterocycles. The Kier molecular flexibility index (Phi) is 4.67. The van der Waals surface area contributed by atoms with Gasteiger partial charge in [0.05, 0.1) is 5.56 Å². The lowest BCUT2D eigenvalue weighted by Crippen LogP contribution is -2.43. The molecule has 6 heteroatoms. The van der Waals surface area contributed by atoms with Crippen LogP contribution in [0.4, 0.5) is 4.79 Å². The van der Waals surface area contributed by atoms with Crippen molar-refractivity contribution in [1.82, 2.24) is 10.6 Å². The number of nitrogens with one attached hydrogen (secondary N) is 2. The van der Waals surface area contributed by atoms with Gasteiger partial charge in [0.15, 0.2) is 0 Å². The molecule has 0 radical (unpaired) electrons. The molecule has 1 aromatic rings. The molecule has 0 atom stereocenters. The van der Waals surface area contributed by atoms with Gasteiger partial charge in [-0.15, -0.1) is 0 Å². The molecule has 1 fully saturated rings. The van der Waals surface area contributed by atoms with E-state index in [-0.39, 0.29) is 29.3 Å². The Bertz CT molecular complexity index is 536. The minimum atomic E-state index is -1.01. The molecule has 0 spiro atoms. The molecule has 0 saturated heterocycles. The van der Waals surface area contributed by atoms with E-state index >= 15 is 0 Å². The monoisotopic (exact) mass is 292 g/mol. The fourth-order valence-electron chi connectivity index (χ4n) is 2.65. The summed E-state index contributed by atoms with van der Waals surface area (Å²) in [7, 11) is 0. The van der Waals surface area contributed by atoms with Crippen LogP contribution in [0, 0.1) is 6.92 Å². The first-order chi connectivity index (χ1) is 9.95. The van der Waals surface area contributed by atoms with Gasteiger partial charge in [0.1, 0.15) is 5.75 Å². The van der Waals surface area contributed by atoms with Crippen LogP contribution in [0.25, 0.3) is 0 Å². The first-order valence-electron chi connectivity index (χ1n) is 7.05. The van der Waals surface area contributed by atoms with Gasteiger partial charge in [-0.3, -0.25) is 4.79 Å². The summed E-state index contributed by atoms with van der Waals surface area (Å²) in [5, 5.41) is 23.8. The van der Waals surface area contributed by atoms with Crippen molar-refractivity contribution >= 4 is 12.0 Å². The molecule has 6 nitrogen and oxygen atoms in total. The normalized spacial score (nSPS) is 21.6. The second kappa shape index (κ2) is 6.47. The Labute approximate surface area is 123 Å². The minimum absolute atomic E-state index is 0.0186. The van der Waals surface area contributed by atoms with Crippen molar-refractivity contribution in [2.75, 3.05) is 0 Å². The lowest BCUT2D eigenvalue weighted by molar-refractivity contribution is 0.0920. The number of hydrogen-bond donors (Lipinski definition) is 4. The van der Waals surface area contributed by atoms with Crippen LogP contribution >= 0.6 is 0 Å². The summed E-state index contributed by atoms with van der Waals surface area (Å²) in [4.78, 5) is 22.7. The quantitative estimate of drug-likeness (QED) is 0.685. The number of phenolic OH excluding ortho intramolecular Hbond substituents is 1. The SMILES string of the molecule is Cc1ccc(C(=O)NC2CCC(NC(=O)O)CC2)c(O)c1. The van der Waals surface area contributed by atoms with Gasteiger partial charge in [-0.1, -0.05) is 6.07 Å². The molecule has 1 saturated carbocycles. The summed E-state index contributed by atoms with van der Waals surface area (Å²) in [5.41, 5.74) is 1.16. The smallest absolute Gasteiger partial charge is 0.404 e. The molecule has 0 heterocycles. The van der Waals surface area contributed by atoms with Crippen molar-refractivity contribution in [3.8, 4) is 5.75 Å². The highest BCUT2D eigenvalue weighted by Gasteiger charge is 2.24. The number of aryl methyl sites for hydroxylation is 1. The number of phenols is 1. The van der Waals surface area contributed by atoms with E-state index in [0.29, 0.717) is 12.8 Å². The summed E-state index contributed by atoms with van der Waals surface area (Å²) in [6.45, 7) is 1.85. The predicted octanol–water partition coefficient (Wildman–Crippen LogP) is 2.01. The van der Waals surface area contributed by atoms with E-state index in [9.17, 15) is 14.7 Å². The average molecular weight is 292 g/mol. The van der Waals surface area contributed by atoms with E-state index in [1.807, 2.05) is 6.92 Å². The van der Waals surface area contributed by atoms with Crippen LogP contribution < -0.4 is 10.6 Å². The largest absolute Gasteiger partial charge is 0.507 e. The third-order valence-electron chi connectivity index (χ3n) is 3.79. The van der Waals surface area contributed by atoms with E-state index in [1.54, 1.807) is 18.2 Å². The molecule has 1 aliphatic rings. The maximum atomic E-state index is 12.1. The van der Waals surface area contributed by atoms with Gasteiger partial charge in [-0.05, 0) is 50.3 Å². The van der Waals surface area contributed by atoms with Crippen LogP contribution in [0.5, 0.6) is 5.75 Å². The van der Waals surface area contributed by atoms with Crippen LogP contribution in [-0.4, -0.2) is 34.3 Å². The zero-order valence-corrected chi connectivity index (χ0v) is 11.9. The highest BCUT2D eigenvalue weighted by molar-refractivity contribution is 5.97. The van der Waals surface area contributed by atoms with Crippen LogP contribution in [0.2, 0.25) is 0 Å². The minimum Gasteiger partial charge on any atom is -0.507 e. The Balaban J connectivity index is 1.88. The van der Waals surface area contributed by atoms with Crippen molar-refractivity contribution in [3.63, 3.8) is 0 Å². The number of carbonyl (C=O) groups is 2. The van der Waals surface area contributed by atoms with Gasteiger partial charge in [-0.2, -0.15) is 0 Å². The van der Waals surface area contributed by atoms with Gasteiger partial charge in [0.2, 0.25) is 0 Å². The van der Waals surface area contributed by atoms with Crippen molar-refractivity contribution in [1.29, 1.82) is 0 Å². The Morgan fingerprint density at radius 3 is 2.19 bits per heavy atom. The van der Waals surface area contributed by atoms with E-state index in [4.69, 9.17) is 5.11 Å². The third-order valence-corrected chi connectivity index (χ3v) is 3.79. The van der Waals surface area contributed by atoms with Crippen molar-refractivity contribution in [2.24, 2.45) is 0 Å². The third kappa shape index (κ3) is 4.11. The van der Waals surface area contributed by atoms with Gasteiger partial charge < -0.3 is 20.8 Å². The highest BCUT2D eigenvalue weighted by atomic mass is 16.4. The Morgan fingerprint density at radius 2 is 1.67 bits per heavy atom. The second-order valence-electron chi connectivity index (χ2n) is 5.49. The van der Waals surface area contributed by atoms with Crippen LogP contribution in [0.1, 0.15) is 41.6 Å². The van der Waals surface area contributed by atoms with Crippen LogP contribution in [0.15, 0.2) is 18.2 Å². The summed E-state index contributed by atoms with van der Waals surface area (Å²) in [6.07, 6.45) is 1.85. The summed E-state index contributed by atoms with van der Waals surface area (Å²) < 4.78 is 0. The van der Waals surface area contributed by atoms with Crippen molar-refractivity contribution in [3.05, 3.63) is 29.3 Å². The van der Waals surface area contributed by atoms with Gasteiger partial charge in [-0.25, -0.2) is 4.79 Å². The Morgan fingerprint density at radius 1 is 1.10 bits per heavy atom. The number of aromatic hydroxyl groups is 1. The maximum Gasteiger partial charge on any atom is 0.404 e. The van der Waals surface area contributed by atoms with Gasteiger partial charge in [0, 0.05) is 12.1 Å². The highest BCUT2D eigenvalue weighted by Crippen LogP contribution is 2.21. The molecule has 1 aliphatic carbocycles. The molecule has 2 rings (SSSR count). The zero-order chi connectivity index (χ0) is 15.4. The first kappa shape index (κ1) is 15.2. The van der Waals surface area contributed by atoms with Gasteiger partial charge >= 0.3 is 6.09 Å². The van der Waals surface area contributed by atoms with E-state index in [2.05, 4.69) is 10.6 Å². The topological polar surface area (TPSA) is 98.7 Å². The molecule has 0 unspecified atom stereocenters.